The minimum absolute atomic E-state index is 0.0417. The summed E-state index contributed by atoms with van der Waals surface area (Å²) in [7, 11) is -3.96. The highest BCUT2D eigenvalue weighted by molar-refractivity contribution is 7.89. The predicted octanol–water partition coefficient (Wildman–Crippen LogP) is 4.56. The van der Waals surface area contributed by atoms with Gasteiger partial charge in [0.15, 0.2) is 10.7 Å². The molecule has 1 aliphatic rings. The van der Waals surface area contributed by atoms with Gasteiger partial charge in [-0.2, -0.15) is 4.31 Å². The van der Waals surface area contributed by atoms with Gasteiger partial charge in [0, 0.05) is 42.1 Å². The zero-order chi connectivity index (χ0) is 25.9. The fourth-order valence-electron chi connectivity index (χ4n) is 4.19. The van der Waals surface area contributed by atoms with Gasteiger partial charge in [-0.1, -0.05) is 5.16 Å². The van der Waals surface area contributed by atoms with Crippen LogP contribution in [0.3, 0.4) is 0 Å². The van der Waals surface area contributed by atoms with Crippen molar-refractivity contribution in [3.05, 3.63) is 68.7 Å². The Bertz CT molecular complexity index is 1370. The summed E-state index contributed by atoms with van der Waals surface area (Å²) >= 11 is 1.67. The van der Waals surface area contributed by atoms with Crippen LogP contribution in [0, 0.1) is 31.4 Å². The van der Waals surface area contributed by atoms with Crippen LogP contribution in [0.25, 0.3) is 12.2 Å². The minimum Gasteiger partial charge on any atom is -0.355 e. The Kier molecular flexibility index (Phi) is 8.01. The molecule has 0 unspecified atom stereocenters. The zero-order valence-electron chi connectivity index (χ0n) is 20.0. The second-order valence-electron chi connectivity index (χ2n) is 8.71. The van der Waals surface area contributed by atoms with E-state index in [0.29, 0.717) is 19.4 Å². The van der Waals surface area contributed by atoms with E-state index in [1.54, 1.807) is 11.3 Å². The number of benzene rings is 1. The van der Waals surface area contributed by atoms with E-state index < -0.39 is 21.7 Å². The lowest BCUT2D eigenvalue weighted by Gasteiger charge is -2.30. The maximum Gasteiger partial charge on any atom is 0.248 e. The number of halogens is 2. The first-order chi connectivity index (χ1) is 17.2. The molecule has 1 saturated heterocycles. The number of nitrogens with zero attached hydrogens (tertiary/aromatic N) is 2. The van der Waals surface area contributed by atoms with Crippen molar-refractivity contribution in [3.63, 3.8) is 0 Å². The van der Waals surface area contributed by atoms with Crippen LogP contribution in [0.4, 0.5) is 8.78 Å². The lowest BCUT2D eigenvalue weighted by Crippen LogP contribution is -2.43. The number of hydrogen-bond donors (Lipinski definition) is 1. The number of piperidine rings is 1. The second kappa shape index (κ2) is 11.0. The number of aryl methyl sites for hydroxylation is 2. The van der Waals surface area contributed by atoms with Crippen molar-refractivity contribution in [1.82, 2.24) is 14.8 Å². The van der Waals surface area contributed by atoms with Crippen LogP contribution >= 0.6 is 11.3 Å². The van der Waals surface area contributed by atoms with Gasteiger partial charge in [0.05, 0.1) is 0 Å². The SMILES string of the molecule is Cc1ccsc1CCNC(=O)C1CCN(S(=O)(=O)c2c(C)noc2C=Cc2ccc(F)cc2F)CC1. The summed E-state index contributed by atoms with van der Waals surface area (Å²) in [5.74, 6) is -1.85. The fourth-order valence-corrected chi connectivity index (χ4v) is 6.82. The van der Waals surface area contributed by atoms with E-state index in [1.807, 2.05) is 12.3 Å². The van der Waals surface area contributed by atoms with Gasteiger partial charge in [-0.3, -0.25) is 4.79 Å². The molecule has 2 aromatic heterocycles. The van der Waals surface area contributed by atoms with Crippen LogP contribution in [0.2, 0.25) is 0 Å². The van der Waals surface area contributed by atoms with Crippen molar-refractivity contribution in [2.75, 3.05) is 19.6 Å². The van der Waals surface area contributed by atoms with Gasteiger partial charge in [-0.15, -0.1) is 11.3 Å². The van der Waals surface area contributed by atoms with Gasteiger partial charge in [-0.25, -0.2) is 17.2 Å². The number of carbonyl (C=O) groups excluding carboxylic acids is 1. The van der Waals surface area contributed by atoms with Gasteiger partial charge in [-0.05, 0) is 74.4 Å². The van der Waals surface area contributed by atoms with Crippen LogP contribution in [0.15, 0.2) is 39.1 Å². The third kappa shape index (κ3) is 5.74. The molecule has 1 aliphatic heterocycles. The summed E-state index contributed by atoms with van der Waals surface area (Å²) in [5, 5.41) is 8.78. The summed E-state index contributed by atoms with van der Waals surface area (Å²) < 4.78 is 60.4. The summed E-state index contributed by atoms with van der Waals surface area (Å²) in [6, 6.07) is 5.15. The average molecular weight is 536 g/mol. The summed E-state index contributed by atoms with van der Waals surface area (Å²) in [5.41, 5.74) is 1.47. The molecule has 0 spiro atoms. The molecule has 0 atom stereocenters. The Morgan fingerprint density at radius 1 is 1.22 bits per heavy atom. The lowest BCUT2D eigenvalue weighted by atomic mass is 9.97. The molecule has 0 aliphatic carbocycles. The number of hydrogen-bond acceptors (Lipinski definition) is 6. The number of thiophene rings is 1. The van der Waals surface area contributed by atoms with E-state index in [2.05, 4.69) is 16.5 Å². The van der Waals surface area contributed by atoms with Gasteiger partial charge in [0.1, 0.15) is 17.3 Å². The molecular formula is C25H27F2N3O4S2. The van der Waals surface area contributed by atoms with Crippen LogP contribution < -0.4 is 5.32 Å². The standard InChI is InChI=1S/C25H27F2N3O4S2/c1-16-10-14-35-23(16)7-11-28-25(31)19-8-12-30(13-9-19)36(32,33)24-17(2)29-34-22(24)6-4-18-3-5-20(26)15-21(18)27/h3-6,10,14-15,19H,7-9,11-13H2,1-2H3,(H,28,31). The Morgan fingerprint density at radius 3 is 2.64 bits per heavy atom. The first-order valence-electron chi connectivity index (χ1n) is 11.6. The van der Waals surface area contributed by atoms with Crippen LogP contribution in [0.1, 0.15) is 40.3 Å². The number of carbonyl (C=O) groups is 1. The Hall–Kier alpha value is -2.89. The van der Waals surface area contributed by atoms with Gasteiger partial charge < -0.3 is 9.84 Å². The Morgan fingerprint density at radius 2 is 1.97 bits per heavy atom. The van der Waals surface area contributed by atoms with Crippen LogP contribution in [0.5, 0.6) is 0 Å². The quantitative estimate of drug-likeness (QED) is 0.457. The molecular weight excluding hydrogens is 508 g/mol. The monoisotopic (exact) mass is 535 g/mol. The van der Waals surface area contributed by atoms with Crippen molar-refractivity contribution in [1.29, 1.82) is 0 Å². The van der Waals surface area contributed by atoms with Crippen molar-refractivity contribution < 1.29 is 26.5 Å². The van der Waals surface area contributed by atoms with E-state index in [0.717, 1.165) is 18.6 Å². The normalized spacial score (nSPS) is 15.6. The van der Waals surface area contributed by atoms with Crippen LogP contribution in [-0.2, 0) is 21.2 Å². The minimum atomic E-state index is -3.96. The molecule has 0 radical (unpaired) electrons. The zero-order valence-corrected chi connectivity index (χ0v) is 21.6. The van der Waals surface area contributed by atoms with E-state index in [1.165, 1.54) is 39.9 Å². The maximum atomic E-state index is 14.0. The molecule has 11 heteroatoms. The molecule has 7 nitrogen and oxygen atoms in total. The molecule has 1 fully saturated rings. The predicted molar refractivity (Wildman–Crippen MR) is 134 cm³/mol. The van der Waals surface area contributed by atoms with Crippen LogP contribution in [-0.4, -0.2) is 43.4 Å². The molecule has 1 amide bonds. The molecule has 0 saturated carbocycles. The number of sulfonamides is 1. The van der Waals surface area contributed by atoms with Gasteiger partial charge in [0.25, 0.3) is 0 Å². The molecule has 1 aromatic carbocycles. The smallest absolute Gasteiger partial charge is 0.248 e. The maximum absolute atomic E-state index is 14.0. The highest BCUT2D eigenvalue weighted by Gasteiger charge is 2.35. The van der Waals surface area contributed by atoms with E-state index in [9.17, 15) is 22.0 Å². The average Bonchev–Trinajstić information content (AvgIpc) is 3.43. The van der Waals surface area contributed by atoms with E-state index >= 15 is 0 Å². The van der Waals surface area contributed by atoms with Crippen molar-refractivity contribution in [3.8, 4) is 0 Å². The number of nitrogens with one attached hydrogen (secondary N) is 1. The molecule has 0 bridgehead atoms. The molecule has 192 valence electrons. The highest BCUT2D eigenvalue weighted by Crippen LogP contribution is 2.29. The first kappa shape index (κ1) is 26.2. The third-order valence-corrected chi connectivity index (χ3v) is 9.39. The molecule has 4 rings (SSSR count). The van der Waals surface area contributed by atoms with E-state index in [-0.39, 0.29) is 46.8 Å². The molecule has 3 heterocycles. The first-order valence-corrected chi connectivity index (χ1v) is 13.9. The second-order valence-corrected chi connectivity index (χ2v) is 11.6. The Labute approximate surface area is 212 Å². The molecule has 3 aromatic rings. The van der Waals surface area contributed by atoms with Crippen molar-refractivity contribution >= 4 is 39.4 Å². The Balaban J connectivity index is 1.39. The number of rotatable bonds is 8. The molecule has 1 N–H and O–H groups in total. The lowest BCUT2D eigenvalue weighted by molar-refractivity contribution is -0.126. The highest BCUT2D eigenvalue weighted by atomic mass is 32.2. The summed E-state index contributed by atoms with van der Waals surface area (Å²) in [6.45, 7) is 4.48. The topological polar surface area (TPSA) is 92.5 Å². The fraction of sp³-hybridized carbons (Fsp3) is 0.360. The third-order valence-electron chi connectivity index (χ3n) is 6.25. The molecule has 36 heavy (non-hydrogen) atoms. The van der Waals surface area contributed by atoms with Crippen molar-refractivity contribution in [2.24, 2.45) is 5.92 Å². The van der Waals surface area contributed by atoms with Crippen molar-refractivity contribution in [2.45, 2.75) is 38.0 Å². The summed E-state index contributed by atoms with van der Waals surface area (Å²) in [4.78, 5) is 13.8. The number of amides is 1. The largest absolute Gasteiger partial charge is 0.355 e. The number of aromatic nitrogens is 1. The summed E-state index contributed by atoms with van der Waals surface area (Å²) in [6.07, 6.45) is 4.19. The van der Waals surface area contributed by atoms with Gasteiger partial charge in [0.2, 0.25) is 15.9 Å². The van der Waals surface area contributed by atoms with Gasteiger partial charge >= 0.3 is 0 Å². The van der Waals surface area contributed by atoms with E-state index in [4.69, 9.17) is 4.52 Å².